The van der Waals surface area contributed by atoms with Gasteiger partial charge < -0.3 is 4.90 Å². The van der Waals surface area contributed by atoms with Crippen LogP contribution in [0.15, 0.2) is 42.5 Å². The summed E-state index contributed by atoms with van der Waals surface area (Å²) in [5.74, 6) is -0.499. The minimum absolute atomic E-state index is 0.0164. The number of nitro groups is 1. The van der Waals surface area contributed by atoms with Crippen LogP contribution in [0.2, 0.25) is 0 Å². The van der Waals surface area contributed by atoms with Crippen LogP contribution in [-0.2, 0) is 11.2 Å². The molecule has 1 heterocycles. The van der Waals surface area contributed by atoms with Gasteiger partial charge in [-0.1, -0.05) is 23.5 Å². The first-order valence-electron chi connectivity index (χ1n) is 9.08. The van der Waals surface area contributed by atoms with Crippen molar-refractivity contribution in [3.63, 3.8) is 0 Å². The number of thiazole rings is 1. The lowest BCUT2D eigenvalue weighted by atomic mass is 10.1. The van der Waals surface area contributed by atoms with E-state index in [1.165, 1.54) is 35.6 Å². The van der Waals surface area contributed by atoms with Crippen LogP contribution < -0.4 is 4.90 Å². The summed E-state index contributed by atoms with van der Waals surface area (Å²) in [5.41, 5.74) is 1.31. The molecule has 1 aromatic heterocycles. The fourth-order valence-electron chi connectivity index (χ4n) is 2.88. The van der Waals surface area contributed by atoms with Crippen LogP contribution in [0.1, 0.15) is 12.0 Å². The van der Waals surface area contributed by atoms with Gasteiger partial charge in [0.1, 0.15) is 5.82 Å². The Hall–Kier alpha value is -2.91. The minimum atomic E-state index is -0.473. The highest BCUT2D eigenvalue weighted by atomic mass is 32.1. The average Bonchev–Trinajstić information content (AvgIpc) is 3.07. The fourth-order valence-corrected chi connectivity index (χ4v) is 3.91. The summed E-state index contributed by atoms with van der Waals surface area (Å²) in [5, 5.41) is 11.3. The number of fused-ring (bicyclic) bond motifs is 1. The number of nitro benzene ring substituents is 1. The summed E-state index contributed by atoms with van der Waals surface area (Å²) in [4.78, 5) is 31.5. The fraction of sp³-hybridized carbons (Fsp3) is 0.300. The summed E-state index contributed by atoms with van der Waals surface area (Å²) in [6, 6.07) is 10.3. The number of hydrogen-bond donors (Lipinski definition) is 0. The summed E-state index contributed by atoms with van der Waals surface area (Å²) >= 11 is 1.27. The molecular weight excluding hydrogens is 395 g/mol. The monoisotopic (exact) mass is 416 g/mol. The molecule has 0 radical (unpaired) electrons. The summed E-state index contributed by atoms with van der Waals surface area (Å²) in [6.45, 7) is 1.28. The van der Waals surface area contributed by atoms with Crippen molar-refractivity contribution in [3.8, 4) is 0 Å². The second kappa shape index (κ2) is 9.06. The van der Waals surface area contributed by atoms with Gasteiger partial charge in [-0.3, -0.25) is 19.8 Å². The topological polar surface area (TPSA) is 79.6 Å². The van der Waals surface area contributed by atoms with Gasteiger partial charge in [-0.15, -0.1) is 0 Å². The van der Waals surface area contributed by atoms with E-state index in [9.17, 15) is 19.3 Å². The second-order valence-electron chi connectivity index (χ2n) is 6.91. The Morgan fingerprint density at radius 1 is 1.17 bits per heavy atom. The normalized spacial score (nSPS) is 11.2. The van der Waals surface area contributed by atoms with E-state index in [2.05, 4.69) is 4.98 Å². The zero-order chi connectivity index (χ0) is 21.0. The number of rotatable bonds is 8. The standard InChI is InChI=1S/C20H21FN4O3S/c1-23(2)10-3-11-24(20-22-17-9-6-15(21)13-18(17)29-20)19(26)12-14-4-7-16(8-5-14)25(27)28/h4-9,13H,3,10-12H2,1-2H3. The maximum atomic E-state index is 13.5. The Morgan fingerprint density at radius 2 is 1.90 bits per heavy atom. The Labute approximate surface area is 171 Å². The molecule has 0 fully saturated rings. The number of nitrogens with zero attached hydrogens (tertiary/aromatic N) is 4. The summed E-state index contributed by atoms with van der Waals surface area (Å²) < 4.78 is 14.2. The van der Waals surface area contributed by atoms with Crippen molar-refractivity contribution in [2.45, 2.75) is 12.8 Å². The van der Waals surface area contributed by atoms with E-state index < -0.39 is 4.92 Å². The van der Waals surface area contributed by atoms with Crippen LogP contribution >= 0.6 is 11.3 Å². The molecule has 7 nitrogen and oxygen atoms in total. The van der Waals surface area contributed by atoms with E-state index in [0.717, 1.165) is 13.0 Å². The molecule has 0 aliphatic carbocycles. The smallest absolute Gasteiger partial charge is 0.269 e. The molecule has 3 rings (SSSR count). The third-order valence-electron chi connectivity index (χ3n) is 4.36. The van der Waals surface area contributed by atoms with Gasteiger partial charge in [-0.05, 0) is 50.8 Å². The van der Waals surface area contributed by atoms with Gasteiger partial charge in [-0.2, -0.15) is 0 Å². The Bertz CT molecular complexity index is 1020. The van der Waals surface area contributed by atoms with Crippen molar-refractivity contribution in [2.24, 2.45) is 0 Å². The number of hydrogen-bond acceptors (Lipinski definition) is 6. The number of anilines is 1. The first-order valence-corrected chi connectivity index (χ1v) is 9.89. The molecule has 0 N–H and O–H groups in total. The predicted molar refractivity (Wildman–Crippen MR) is 112 cm³/mol. The van der Waals surface area contributed by atoms with Gasteiger partial charge in [0.2, 0.25) is 5.91 Å². The minimum Gasteiger partial charge on any atom is -0.309 e. The first kappa shape index (κ1) is 20.8. The molecule has 0 aliphatic heterocycles. The van der Waals surface area contributed by atoms with Gasteiger partial charge in [-0.25, -0.2) is 9.37 Å². The molecular formula is C20H21FN4O3S. The molecule has 29 heavy (non-hydrogen) atoms. The summed E-state index contributed by atoms with van der Waals surface area (Å²) in [7, 11) is 3.92. The Balaban J connectivity index is 1.82. The van der Waals surface area contributed by atoms with Gasteiger partial charge >= 0.3 is 0 Å². The number of amides is 1. The van der Waals surface area contributed by atoms with E-state index in [1.54, 1.807) is 23.1 Å². The highest BCUT2D eigenvalue weighted by Crippen LogP contribution is 2.30. The van der Waals surface area contributed by atoms with Crippen molar-refractivity contribution in [3.05, 3.63) is 64.0 Å². The van der Waals surface area contributed by atoms with E-state index in [0.29, 0.717) is 27.5 Å². The predicted octanol–water partition coefficient (Wildman–Crippen LogP) is 3.87. The molecule has 3 aromatic rings. The van der Waals surface area contributed by atoms with E-state index in [1.807, 2.05) is 19.0 Å². The average molecular weight is 416 g/mol. The van der Waals surface area contributed by atoms with Crippen LogP contribution in [-0.4, -0.2) is 47.9 Å². The zero-order valence-corrected chi connectivity index (χ0v) is 17.0. The largest absolute Gasteiger partial charge is 0.309 e. The van der Waals surface area contributed by atoms with Crippen LogP contribution in [0.25, 0.3) is 10.2 Å². The third-order valence-corrected chi connectivity index (χ3v) is 5.40. The Kier molecular flexibility index (Phi) is 6.50. The van der Waals surface area contributed by atoms with Crippen molar-refractivity contribution in [1.82, 2.24) is 9.88 Å². The molecule has 1 amide bonds. The lowest BCUT2D eigenvalue weighted by Gasteiger charge is -2.21. The van der Waals surface area contributed by atoms with Crippen LogP contribution in [0.3, 0.4) is 0 Å². The van der Waals surface area contributed by atoms with Crippen LogP contribution in [0.5, 0.6) is 0 Å². The van der Waals surface area contributed by atoms with Crippen LogP contribution in [0.4, 0.5) is 15.2 Å². The third kappa shape index (κ3) is 5.33. The van der Waals surface area contributed by atoms with Crippen molar-refractivity contribution < 1.29 is 14.1 Å². The van der Waals surface area contributed by atoms with E-state index in [-0.39, 0.29) is 23.8 Å². The Morgan fingerprint density at radius 3 is 2.55 bits per heavy atom. The van der Waals surface area contributed by atoms with Gasteiger partial charge in [0, 0.05) is 18.7 Å². The van der Waals surface area contributed by atoms with E-state index in [4.69, 9.17) is 0 Å². The van der Waals surface area contributed by atoms with Gasteiger partial charge in [0.05, 0.1) is 21.6 Å². The number of halogens is 1. The number of non-ortho nitro benzene ring substituents is 1. The first-order chi connectivity index (χ1) is 13.8. The number of benzene rings is 2. The highest BCUT2D eigenvalue weighted by Gasteiger charge is 2.20. The molecule has 2 aromatic carbocycles. The molecule has 0 saturated heterocycles. The highest BCUT2D eigenvalue weighted by molar-refractivity contribution is 7.22. The molecule has 0 aliphatic rings. The molecule has 0 spiro atoms. The molecule has 0 saturated carbocycles. The molecule has 9 heteroatoms. The second-order valence-corrected chi connectivity index (χ2v) is 7.92. The van der Waals surface area contributed by atoms with Crippen LogP contribution in [0, 0.1) is 15.9 Å². The number of aromatic nitrogens is 1. The maximum absolute atomic E-state index is 13.5. The van der Waals surface area contributed by atoms with Crippen molar-refractivity contribution in [2.75, 3.05) is 32.1 Å². The summed E-state index contributed by atoms with van der Waals surface area (Å²) in [6.07, 6.45) is 0.855. The quantitative estimate of drug-likeness (QED) is 0.411. The van der Waals surface area contributed by atoms with Crippen molar-refractivity contribution in [1.29, 1.82) is 0 Å². The maximum Gasteiger partial charge on any atom is 0.269 e. The SMILES string of the molecule is CN(C)CCCN(C(=O)Cc1ccc([N+](=O)[O-])cc1)c1nc2ccc(F)cc2s1. The molecule has 0 bridgehead atoms. The number of carbonyl (C=O) groups is 1. The lowest BCUT2D eigenvalue weighted by Crippen LogP contribution is -2.34. The molecule has 152 valence electrons. The van der Waals surface area contributed by atoms with Gasteiger partial charge in [0.15, 0.2) is 5.13 Å². The number of carbonyl (C=O) groups excluding carboxylic acids is 1. The van der Waals surface area contributed by atoms with Gasteiger partial charge in [0.25, 0.3) is 5.69 Å². The van der Waals surface area contributed by atoms with Crippen molar-refractivity contribution >= 4 is 38.3 Å². The molecule has 0 atom stereocenters. The lowest BCUT2D eigenvalue weighted by molar-refractivity contribution is -0.384. The van der Waals surface area contributed by atoms with E-state index >= 15 is 0 Å². The zero-order valence-electron chi connectivity index (χ0n) is 16.2. The molecule has 0 unspecified atom stereocenters.